The summed E-state index contributed by atoms with van der Waals surface area (Å²) < 4.78 is 0. The summed E-state index contributed by atoms with van der Waals surface area (Å²) in [6.45, 7) is 6.09. The van der Waals surface area contributed by atoms with E-state index in [-0.39, 0.29) is 41.4 Å². The van der Waals surface area contributed by atoms with Crippen molar-refractivity contribution in [3.05, 3.63) is 70.8 Å². The van der Waals surface area contributed by atoms with Crippen LogP contribution in [0.2, 0.25) is 0 Å². The molecule has 2 fully saturated rings. The minimum absolute atomic E-state index is 0.0997. The van der Waals surface area contributed by atoms with Gasteiger partial charge in [-0.2, -0.15) is 0 Å². The average molecular weight is 400 g/mol. The van der Waals surface area contributed by atoms with E-state index >= 15 is 0 Å². The molecule has 1 saturated heterocycles. The molecule has 1 saturated carbocycles. The van der Waals surface area contributed by atoms with Crippen molar-refractivity contribution in [3.8, 4) is 0 Å². The molecule has 3 aliphatic rings. The molecule has 2 aromatic rings. The second kappa shape index (κ2) is 6.66. The fourth-order valence-electron chi connectivity index (χ4n) is 5.31. The fourth-order valence-corrected chi connectivity index (χ4v) is 5.31. The second-order valence-corrected chi connectivity index (χ2v) is 8.78. The van der Waals surface area contributed by atoms with Crippen LogP contribution in [0, 0.1) is 37.5 Å². The topological polar surface area (TPSA) is 66.5 Å². The number of nitrogens with one attached hydrogen (secondary N) is 1. The smallest absolute Gasteiger partial charge is 0.255 e. The van der Waals surface area contributed by atoms with Gasteiger partial charge in [0.2, 0.25) is 11.8 Å². The van der Waals surface area contributed by atoms with Crippen LogP contribution < -0.4 is 10.2 Å². The Hall–Kier alpha value is -3.21. The molecule has 2 aromatic carbocycles. The summed E-state index contributed by atoms with van der Waals surface area (Å²) in [6.07, 6.45) is 3.09. The van der Waals surface area contributed by atoms with E-state index in [0.717, 1.165) is 17.7 Å². The van der Waals surface area contributed by atoms with E-state index in [0.29, 0.717) is 11.3 Å². The van der Waals surface area contributed by atoms with Crippen LogP contribution in [0.15, 0.2) is 54.1 Å². The lowest BCUT2D eigenvalue weighted by atomic mass is 9.82. The number of hydrogen-bond donors (Lipinski definition) is 1. The van der Waals surface area contributed by atoms with Crippen LogP contribution >= 0.6 is 0 Å². The Morgan fingerprint density at radius 2 is 1.63 bits per heavy atom. The average Bonchev–Trinajstić information content (AvgIpc) is 3.35. The Labute approximate surface area is 175 Å². The molecule has 1 aliphatic heterocycles. The monoisotopic (exact) mass is 400 g/mol. The Balaban J connectivity index is 1.34. The summed E-state index contributed by atoms with van der Waals surface area (Å²) in [7, 11) is 0. The molecular weight excluding hydrogens is 376 g/mol. The molecule has 0 spiro atoms. The zero-order valence-electron chi connectivity index (χ0n) is 17.3. The highest BCUT2D eigenvalue weighted by atomic mass is 16.2. The van der Waals surface area contributed by atoms with Crippen molar-refractivity contribution < 1.29 is 14.4 Å². The molecule has 5 heteroatoms. The summed E-state index contributed by atoms with van der Waals surface area (Å²) in [4.78, 5) is 40.0. The Morgan fingerprint density at radius 3 is 2.33 bits per heavy atom. The van der Waals surface area contributed by atoms with E-state index in [1.165, 1.54) is 16.0 Å². The highest BCUT2D eigenvalue weighted by Gasteiger charge is 2.60. The van der Waals surface area contributed by atoms with Gasteiger partial charge >= 0.3 is 0 Å². The van der Waals surface area contributed by atoms with Gasteiger partial charge in [-0.15, -0.1) is 0 Å². The number of imide groups is 1. The number of amides is 3. The van der Waals surface area contributed by atoms with Gasteiger partial charge in [-0.05, 0) is 86.6 Å². The van der Waals surface area contributed by atoms with E-state index in [2.05, 4.69) is 18.3 Å². The Kier molecular flexibility index (Phi) is 4.17. The first-order valence-corrected chi connectivity index (χ1v) is 10.4. The number of carbonyl (C=O) groups excluding carboxylic acids is 3. The van der Waals surface area contributed by atoms with Crippen LogP contribution in [0.4, 0.5) is 11.4 Å². The van der Waals surface area contributed by atoms with E-state index in [4.69, 9.17) is 0 Å². The number of allylic oxidation sites excluding steroid dienone is 2. The fraction of sp³-hybridized carbons (Fsp3) is 0.320. The summed E-state index contributed by atoms with van der Waals surface area (Å²) in [5.74, 6) is -0.488. The molecule has 5 nitrogen and oxygen atoms in total. The lowest BCUT2D eigenvalue weighted by Crippen LogP contribution is -2.33. The van der Waals surface area contributed by atoms with Crippen LogP contribution in [0.1, 0.15) is 34.8 Å². The molecule has 4 atom stereocenters. The molecule has 0 radical (unpaired) electrons. The van der Waals surface area contributed by atoms with Crippen molar-refractivity contribution in [1.82, 2.24) is 0 Å². The predicted molar refractivity (Wildman–Crippen MR) is 115 cm³/mol. The van der Waals surface area contributed by atoms with Gasteiger partial charge in [-0.1, -0.05) is 17.7 Å². The highest BCUT2D eigenvalue weighted by molar-refractivity contribution is 6.23. The first kappa shape index (κ1) is 18.8. The van der Waals surface area contributed by atoms with Gasteiger partial charge in [0.15, 0.2) is 0 Å². The summed E-state index contributed by atoms with van der Waals surface area (Å²) in [6, 6.07) is 12.5. The number of aryl methyl sites for hydroxylation is 2. The summed E-state index contributed by atoms with van der Waals surface area (Å²) in [5.41, 5.74) is 5.28. The molecule has 0 aromatic heterocycles. The maximum atomic E-state index is 13.1. The third-order valence-corrected chi connectivity index (χ3v) is 7.03. The highest BCUT2D eigenvalue weighted by Crippen LogP contribution is 2.55. The van der Waals surface area contributed by atoms with Crippen LogP contribution in [-0.4, -0.2) is 17.7 Å². The normalized spacial score (nSPS) is 26.8. The van der Waals surface area contributed by atoms with Crippen molar-refractivity contribution in [2.24, 2.45) is 23.7 Å². The SMILES string of the molecule is CC1=C[C@H]2C[C@H]1[C@@H]1C(=O)N(c3ccc(C(=O)Nc4ccc(C)c(C)c4)cc3)C(=O)[C@H]12. The molecule has 2 bridgehead atoms. The molecule has 5 rings (SSSR count). The van der Waals surface area contributed by atoms with Crippen molar-refractivity contribution in [3.63, 3.8) is 0 Å². The zero-order chi connectivity index (χ0) is 21.2. The number of hydrogen-bond acceptors (Lipinski definition) is 3. The van der Waals surface area contributed by atoms with Crippen molar-refractivity contribution in [2.75, 3.05) is 10.2 Å². The number of carbonyl (C=O) groups is 3. The van der Waals surface area contributed by atoms with Gasteiger partial charge < -0.3 is 5.32 Å². The molecular formula is C25H24N2O3. The van der Waals surface area contributed by atoms with Crippen molar-refractivity contribution >= 4 is 29.1 Å². The van der Waals surface area contributed by atoms with Gasteiger partial charge in [-0.25, -0.2) is 0 Å². The first-order valence-electron chi connectivity index (χ1n) is 10.4. The number of benzene rings is 2. The Morgan fingerprint density at radius 1 is 0.933 bits per heavy atom. The predicted octanol–water partition coefficient (Wildman–Crippen LogP) is 4.26. The number of rotatable bonds is 3. The second-order valence-electron chi connectivity index (χ2n) is 8.78. The van der Waals surface area contributed by atoms with E-state index in [9.17, 15) is 14.4 Å². The minimum atomic E-state index is -0.224. The van der Waals surface area contributed by atoms with Gasteiger partial charge in [0.1, 0.15) is 0 Å². The van der Waals surface area contributed by atoms with Gasteiger partial charge in [-0.3, -0.25) is 19.3 Å². The van der Waals surface area contributed by atoms with Crippen LogP contribution in [0.5, 0.6) is 0 Å². The third-order valence-electron chi connectivity index (χ3n) is 7.03. The standard InChI is InChI=1S/C25H24N2O3/c1-13-4-7-18(11-14(13)2)26-23(28)16-5-8-19(9-6-16)27-24(29)21-17-10-15(3)20(12-17)22(21)25(27)30/h4-11,17,20-22H,12H2,1-3H3,(H,26,28)/t17-,20+,21-,22-/m0/s1. The molecule has 3 amide bonds. The molecule has 30 heavy (non-hydrogen) atoms. The van der Waals surface area contributed by atoms with E-state index in [1.807, 2.05) is 32.0 Å². The lowest BCUT2D eigenvalue weighted by Gasteiger charge is -2.19. The van der Waals surface area contributed by atoms with Crippen molar-refractivity contribution in [1.29, 1.82) is 0 Å². The summed E-state index contributed by atoms with van der Waals surface area (Å²) in [5, 5.41) is 2.90. The largest absolute Gasteiger partial charge is 0.322 e. The molecule has 2 aliphatic carbocycles. The number of nitrogens with zero attached hydrogens (tertiary/aromatic N) is 1. The molecule has 152 valence electrons. The van der Waals surface area contributed by atoms with E-state index in [1.54, 1.807) is 24.3 Å². The number of fused-ring (bicyclic) bond motifs is 5. The molecule has 0 unspecified atom stereocenters. The van der Waals surface area contributed by atoms with Gasteiger partial charge in [0.05, 0.1) is 17.5 Å². The van der Waals surface area contributed by atoms with Crippen LogP contribution in [0.3, 0.4) is 0 Å². The third kappa shape index (κ3) is 2.72. The maximum Gasteiger partial charge on any atom is 0.255 e. The summed E-state index contributed by atoms with van der Waals surface area (Å²) >= 11 is 0. The Bertz CT molecular complexity index is 1120. The van der Waals surface area contributed by atoms with E-state index < -0.39 is 0 Å². The maximum absolute atomic E-state index is 13.1. The lowest BCUT2D eigenvalue weighted by molar-refractivity contribution is -0.123. The quantitative estimate of drug-likeness (QED) is 0.618. The van der Waals surface area contributed by atoms with Gasteiger partial charge in [0, 0.05) is 11.3 Å². The number of anilines is 2. The van der Waals surface area contributed by atoms with Crippen molar-refractivity contribution in [2.45, 2.75) is 27.2 Å². The van der Waals surface area contributed by atoms with Crippen LogP contribution in [-0.2, 0) is 9.59 Å². The van der Waals surface area contributed by atoms with Gasteiger partial charge in [0.25, 0.3) is 5.91 Å². The van der Waals surface area contributed by atoms with Crippen LogP contribution in [0.25, 0.3) is 0 Å². The molecule has 1 heterocycles. The zero-order valence-corrected chi connectivity index (χ0v) is 17.3. The molecule has 1 N–H and O–H groups in total. The first-order chi connectivity index (χ1) is 14.3. The minimum Gasteiger partial charge on any atom is -0.322 e.